The molecule has 5 nitrogen and oxygen atoms in total. The molecule has 0 spiro atoms. The minimum absolute atomic E-state index is 0.194. The number of alkyl halides is 6. The zero-order chi connectivity index (χ0) is 23.8. The van der Waals surface area contributed by atoms with E-state index in [1.165, 1.54) is 20.8 Å². The lowest BCUT2D eigenvalue weighted by Crippen LogP contribution is -2.44. The summed E-state index contributed by atoms with van der Waals surface area (Å²) >= 11 is 0. The Morgan fingerprint density at radius 1 is 1.00 bits per heavy atom. The summed E-state index contributed by atoms with van der Waals surface area (Å²) in [4.78, 5) is 15.1. The number of pyridine rings is 1. The standard InChI is InChI=1S/C19H18F6N2O3S/c1-11-14(7-8-15(27-11)19(23,24)25)16(28)26-10-17(2,3)31(29,30)13-6-4-5-12(9-13)18(20,21)22/h4-9H,10H2,1-3H3,(H,26,28). The molecule has 0 atom stereocenters. The number of benzene rings is 1. The number of aromatic nitrogens is 1. The van der Waals surface area contributed by atoms with Crippen molar-refractivity contribution in [1.29, 1.82) is 0 Å². The third-order valence-corrected chi connectivity index (χ3v) is 6.97. The maximum atomic E-state index is 12.9. The van der Waals surface area contributed by atoms with Gasteiger partial charge in [0.2, 0.25) is 0 Å². The first-order chi connectivity index (χ1) is 14.0. The van der Waals surface area contributed by atoms with Crippen molar-refractivity contribution in [2.45, 2.75) is 42.8 Å². The molecule has 0 unspecified atom stereocenters. The summed E-state index contributed by atoms with van der Waals surface area (Å²) in [6, 6.07) is 4.73. The Morgan fingerprint density at radius 2 is 1.61 bits per heavy atom. The Balaban J connectivity index is 2.24. The summed E-state index contributed by atoms with van der Waals surface area (Å²) in [6.45, 7) is 3.10. The zero-order valence-corrected chi connectivity index (χ0v) is 17.3. The first kappa shape index (κ1) is 24.6. The molecule has 1 N–H and O–H groups in total. The summed E-state index contributed by atoms with van der Waals surface area (Å²) < 4.78 is 101. The van der Waals surface area contributed by atoms with E-state index in [2.05, 4.69) is 10.3 Å². The first-order valence-electron chi connectivity index (χ1n) is 8.72. The van der Waals surface area contributed by atoms with E-state index in [0.717, 1.165) is 24.3 Å². The van der Waals surface area contributed by atoms with Gasteiger partial charge in [-0.3, -0.25) is 4.79 Å². The van der Waals surface area contributed by atoms with E-state index >= 15 is 0 Å². The van der Waals surface area contributed by atoms with Crippen molar-refractivity contribution in [2.24, 2.45) is 0 Å². The molecule has 0 aliphatic carbocycles. The summed E-state index contributed by atoms with van der Waals surface area (Å²) in [6.07, 6.45) is -9.43. The highest BCUT2D eigenvalue weighted by molar-refractivity contribution is 7.92. The number of carbonyl (C=O) groups excluding carboxylic acids is 1. The molecule has 170 valence electrons. The van der Waals surface area contributed by atoms with Gasteiger partial charge in [0.05, 0.1) is 26.5 Å². The topological polar surface area (TPSA) is 76.1 Å². The van der Waals surface area contributed by atoms with E-state index in [-0.39, 0.29) is 11.3 Å². The number of amides is 1. The van der Waals surface area contributed by atoms with Crippen molar-refractivity contribution in [3.8, 4) is 0 Å². The molecule has 1 amide bonds. The monoisotopic (exact) mass is 468 g/mol. The molecule has 1 heterocycles. The van der Waals surface area contributed by atoms with Crippen molar-refractivity contribution in [3.05, 3.63) is 58.9 Å². The van der Waals surface area contributed by atoms with Crippen LogP contribution in [-0.4, -0.2) is 30.6 Å². The molecule has 0 saturated carbocycles. The van der Waals surface area contributed by atoms with Crippen molar-refractivity contribution >= 4 is 15.7 Å². The van der Waals surface area contributed by atoms with Crippen LogP contribution >= 0.6 is 0 Å². The van der Waals surface area contributed by atoms with Gasteiger partial charge >= 0.3 is 12.4 Å². The molecular weight excluding hydrogens is 450 g/mol. The van der Waals surface area contributed by atoms with Gasteiger partial charge in [0, 0.05) is 6.54 Å². The van der Waals surface area contributed by atoms with Gasteiger partial charge in [-0.05, 0) is 51.1 Å². The van der Waals surface area contributed by atoms with Crippen LogP contribution in [0.3, 0.4) is 0 Å². The fourth-order valence-electron chi connectivity index (χ4n) is 2.60. The van der Waals surface area contributed by atoms with Crippen LogP contribution in [-0.2, 0) is 22.2 Å². The molecule has 0 aliphatic heterocycles. The number of hydrogen-bond donors (Lipinski definition) is 1. The van der Waals surface area contributed by atoms with Crippen LogP contribution in [0, 0.1) is 6.92 Å². The maximum Gasteiger partial charge on any atom is 0.433 e. The predicted molar refractivity (Wildman–Crippen MR) is 99.0 cm³/mol. The van der Waals surface area contributed by atoms with Crippen LogP contribution in [0.15, 0.2) is 41.3 Å². The minimum Gasteiger partial charge on any atom is -0.350 e. The van der Waals surface area contributed by atoms with E-state index in [4.69, 9.17) is 0 Å². The molecule has 0 saturated heterocycles. The Labute approximate surface area is 174 Å². The highest BCUT2D eigenvalue weighted by Gasteiger charge is 2.39. The number of nitrogens with one attached hydrogen (secondary N) is 1. The molecule has 0 aliphatic rings. The molecular formula is C19H18F6N2O3S. The SMILES string of the molecule is Cc1nc(C(F)(F)F)ccc1C(=O)NCC(C)(C)S(=O)(=O)c1cccc(C(F)(F)F)c1. The van der Waals surface area contributed by atoms with Crippen LogP contribution in [0.25, 0.3) is 0 Å². The van der Waals surface area contributed by atoms with Crippen LogP contribution < -0.4 is 5.32 Å². The van der Waals surface area contributed by atoms with E-state index in [1.807, 2.05) is 0 Å². The van der Waals surface area contributed by atoms with Gasteiger partial charge in [0.25, 0.3) is 5.91 Å². The van der Waals surface area contributed by atoms with Crippen molar-refractivity contribution < 1.29 is 39.6 Å². The maximum absolute atomic E-state index is 12.9. The van der Waals surface area contributed by atoms with E-state index in [0.29, 0.717) is 12.1 Å². The Kier molecular flexibility index (Phi) is 6.47. The second kappa shape index (κ2) is 8.13. The van der Waals surface area contributed by atoms with E-state index in [1.54, 1.807) is 0 Å². The van der Waals surface area contributed by atoms with Crippen molar-refractivity contribution in [1.82, 2.24) is 10.3 Å². The lowest BCUT2D eigenvalue weighted by atomic mass is 10.1. The number of halogens is 6. The molecule has 0 fully saturated rings. The second-order valence-corrected chi connectivity index (χ2v) is 9.88. The highest BCUT2D eigenvalue weighted by Crippen LogP contribution is 2.33. The quantitative estimate of drug-likeness (QED) is 0.660. The molecule has 0 bridgehead atoms. The third-order valence-electron chi connectivity index (χ3n) is 4.49. The summed E-state index contributed by atoms with van der Waals surface area (Å²) in [5.74, 6) is -0.869. The molecule has 1 aromatic heterocycles. The van der Waals surface area contributed by atoms with Crippen LogP contribution in [0.4, 0.5) is 26.3 Å². The average Bonchev–Trinajstić information content (AvgIpc) is 2.64. The number of nitrogens with zero attached hydrogens (tertiary/aromatic N) is 1. The molecule has 2 aromatic rings. The van der Waals surface area contributed by atoms with Crippen LogP contribution in [0.5, 0.6) is 0 Å². The lowest BCUT2D eigenvalue weighted by Gasteiger charge is -2.26. The van der Waals surface area contributed by atoms with Gasteiger partial charge in [0.15, 0.2) is 9.84 Å². The fourth-order valence-corrected chi connectivity index (χ4v) is 4.04. The highest BCUT2D eigenvalue weighted by atomic mass is 32.2. The predicted octanol–water partition coefficient (Wildman–Crippen LogP) is 4.41. The number of carbonyl (C=O) groups is 1. The summed E-state index contributed by atoms with van der Waals surface area (Å²) in [5, 5.41) is 2.30. The summed E-state index contributed by atoms with van der Waals surface area (Å²) in [7, 11) is -4.31. The Morgan fingerprint density at radius 3 is 2.13 bits per heavy atom. The van der Waals surface area contributed by atoms with E-state index in [9.17, 15) is 39.6 Å². The average molecular weight is 468 g/mol. The van der Waals surface area contributed by atoms with Gasteiger partial charge in [-0.15, -0.1) is 0 Å². The van der Waals surface area contributed by atoms with Gasteiger partial charge < -0.3 is 5.32 Å². The molecule has 31 heavy (non-hydrogen) atoms. The Hall–Kier alpha value is -2.63. The van der Waals surface area contributed by atoms with Crippen LogP contribution in [0.2, 0.25) is 0 Å². The van der Waals surface area contributed by atoms with E-state index < -0.39 is 55.5 Å². The Bertz CT molecular complexity index is 1090. The number of hydrogen-bond acceptors (Lipinski definition) is 4. The van der Waals surface area contributed by atoms with Gasteiger partial charge in [-0.25, -0.2) is 13.4 Å². The zero-order valence-electron chi connectivity index (χ0n) is 16.5. The van der Waals surface area contributed by atoms with Gasteiger partial charge in [0.1, 0.15) is 5.69 Å². The number of sulfone groups is 1. The second-order valence-electron chi connectivity index (χ2n) is 7.30. The molecule has 0 radical (unpaired) electrons. The largest absolute Gasteiger partial charge is 0.433 e. The lowest BCUT2D eigenvalue weighted by molar-refractivity contribution is -0.141. The van der Waals surface area contributed by atoms with Gasteiger partial charge in [-0.2, -0.15) is 26.3 Å². The first-order valence-corrected chi connectivity index (χ1v) is 10.2. The van der Waals surface area contributed by atoms with Crippen molar-refractivity contribution in [3.63, 3.8) is 0 Å². The van der Waals surface area contributed by atoms with Crippen LogP contribution in [0.1, 0.15) is 41.2 Å². The van der Waals surface area contributed by atoms with Gasteiger partial charge in [-0.1, -0.05) is 6.07 Å². The minimum atomic E-state index is -4.74. The molecule has 2 rings (SSSR count). The molecule has 1 aromatic carbocycles. The smallest absolute Gasteiger partial charge is 0.350 e. The normalized spacial score (nSPS) is 13.2. The summed E-state index contributed by atoms with van der Waals surface area (Å²) in [5.41, 5.74) is -2.74. The van der Waals surface area contributed by atoms with Crippen molar-refractivity contribution in [2.75, 3.05) is 6.54 Å². The molecule has 12 heteroatoms. The number of rotatable bonds is 5. The third kappa shape index (κ3) is 5.35. The number of aryl methyl sites for hydroxylation is 1. The fraction of sp³-hybridized carbons (Fsp3) is 0.368.